The molecule has 128 valence electrons. The molecule has 6 heteroatoms. The summed E-state index contributed by atoms with van der Waals surface area (Å²) in [5, 5.41) is 3.08. The second kappa shape index (κ2) is 8.50. The molecule has 4 nitrogen and oxygen atoms in total. The van der Waals surface area contributed by atoms with Gasteiger partial charge in [-0.1, -0.05) is 11.6 Å². The lowest BCUT2D eigenvalue weighted by Crippen LogP contribution is -2.44. The van der Waals surface area contributed by atoms with Crippen molar-refractivity contribution in [3.05, 3.63) is 29.0 Å². The molecule has 1 fully saturated rings. The monoisotopic (exact) mass is 342 g/mol. The highest BCUT2D eigenvalue weighted by Crippen LogP contribution is 2.22. The molecule has 0 spiro atoms. The number of likely N-dealkylation sites (tertiary alicyclic amines) is 1. The number of hydrogen-bond acceptors (Lipinski definition) is 3. The zero-order valence-corrected chi connectivity index (χ0v) is 14.4. The van der Waals surface area contributed by atoms with Crippen LogP contribution in [0.4, 0.5) is 4.39 Å². The first-order valence-corrected chi connectivity index (χ1v) is 8.41. The fourth-order valence-corrected chi connectivity index (χ4v) is 3.09. The number of nitrogens with one attached hydrogen (secondary N) is 1. The molecular formula is C17H24ClFN2O2. The standard InChI is InChI=1S/C17H24ClFN2O2/c1-12(20-13(2)22)14-5-7-21(8-6-14)9-10-23-15-3-4-16(18)17(19)11-15/h3-4,11-12,14H,5-10H2,1-2H3,(H,20,22). The average molecular weight is 343 g/mol. The van der Waals surface area contributed by atoms with Crippen LogP contribution in [0.5, 0.6) is 5.75 Å². The molecule has 23 heavy (non-hydrogen) atoms. The summed E-state index contributed by atoms with van der Waals surface area (Å²) in [6.45, 7) is 6.95. The second-order valence-corrected chi connectivity index (χ2v) is 6.50. The third kappa shape index (κ3) is 5.66. The topological polar surface area (TPSA) is 41.6 Å². The van der Waals surface area contributed by atoms with Crippen LogP contribution in [0.3, 0.4) is 0 Å². The molecule has 1 aliphatic heterocycles. The largest absolute Gasteiger partial charge is 0.492 e. The third-order valence-electron chi connectivity index (χ3n) is 4.34. The number of nitrogens with zero attached hydrogens (tertiary/aromatic N) is 1. The van der Waals surface area contributed by atoms with E-state index in [0.29, 0.717) is 18.3 Å². The van der Waals surface area contributed by atoms with E-state index in [9.17, 15) is 9.18 Å². The van der Waals surface area contributed by atoms with E-state index in [2.05, 4.69) is 17.1 Å². The van der Waals surface area contributed by atoms with Gasteiger partial charge in [0.15, 0.2) is 0 Å². The Kier molecular flexibility index (Phi) is 6.66. The van der Waals surface area contributed by atoms with Gasteiger partial charge in [-0.3, -0.25) is 9.69 Å². The molecule has 0 aliphatic carbocycles. The van der Waals surface area contributed by atoms with Gasteiger partial charge in [0.1, 0.15) is 18.2 Å². The molecule has 1 amide bonds. The molecule has 0 saturated carbocycles. The minimum atomic E-state index is -0.461. The first-order valence-electron chi connectivity index (χ1n) is 8.03. The SMILES string of the molecule is CC(=O)NC(C)C1CCN(CCOc2ccc(Cl)c(F)c2)CC1. The number of piperidine rings is 1. The summed E-state index contributed by atoms with van der Waals surface area (Å²) < 4.78 is 18.9. The lowest BCUT2D eigenvalue weighted by Gasteiger charge is -2.34. The van der Waals surface area contributed by atoms with Gasteiger partial charge in [-0.15, -0.1) is 0 Å². The van der Waals surface area contributed by atoms with Crippen molar-refractivity contribution >= 4 is 17.5 Å². The first kappa shape index (κ1) is 18.0. The molecule has 1 N–H and O–H groups in total. The van der Waals surface area contributed by atoms with Crippen LogP contribution >= 0.6 is 11.6 Å². The smallest absolute Gasteiger partial charge is 0.217 e. The number of amides is 1. The van der Waals surface area contributed by atoms with Crippen LogP contribution in [0.25, 0.3) is 0 Å². The van der Waals surface area contributed by atoms with E-state index in [1.54, 1.807) is 13.0 Å². The average Bonchev–Trinajstić information content (AvgIpc) is 2.51. The quantitative estimate of drug-likeness (QED) is 0.863. The summed E-state index contributed by atoms with van der Waals surface area (Å²) in [6.07, 6.45) is 2.13. The summed E-state index contributed by atoms with van der Waals surface area (Å²) in [4.78, 5) is 13.4. The summed E-state index contributed by atoms with van der Waals surface area (Å²) in [7, 11) is 0. The minimum absolute atomic E-state index is 0.0310. The molecule has 1 aromatic carbocycles. The highest BCUT2D eigenvalue weighted by molar-refractivity contribution is 6.30. The lowest BCUT2D eigenvalue weighted by molar-refractivity contribution is -0.120. The maximum absolute atomic E-state index is 13.3. The molecule has 0 bridgehead atoms. The van der Waals surface area contributed by atoms with Crippen molar-refractivity contribution in [2.45, 2.75) is 32.7 Å². The third-order valence-corrected chi connectivity index (χ3v) is 4.64. The molecule has 1 heterocycles. The van der Waals surface area contributed by atoms with Crippen LogP contribution in [0, 0.1) is 11.7 Å². The summed E-state index contributed by atoms with van der Waals surface area (Å²) in [5.74, 6) is 0.600. The van der Waals surface area contributed by atoms with E-state index in [4.69, 9.17) is 16.3 Å². The van der Waals surface area contributed by atoms with Crippen molar-refractivity contribution < 1.29 is 13.9 Å². The first-order chi connectivity index (χ1) is 11.0. The highest BCUT2D eigenvalue weighted by Gasteiger charge is 2.24. The van der Waals surface area contributed by atoms with Gasteiger partial charge in [0.2, 0.25) is 5.91 Å². The Morgan fingerprint density at radius 3 is 2.78 bits per heavy atom. The van der Waals surface area contributed by atoms with Gasteiger partial charge in [0, 0.05) is 25.6 Å². The van der Waals surface area contributed by atoms with Crippen LogP contribution in [0.1, 0.15) is 26.7 Å². The molecule has 1 saturated heterocycles. The summed E-state index contributed by atoms with van der Waals surface area (Å²) in [5.41, 5.74) is 0. The number of benzene rings is 1. The molecular weight excluding hydrogens is 319 g/mol. The molecule has 1 atom stereocenters. The Bertz CT molecular complexity index is 533. The Labute approximate surface area is 141 Å². The molecule has 0 aromatic heterocycles. The normalized spacial score (nSPS) is 17.7. The number of carbonyl (C=O) groups excluding carboxylic acids is 1. The Hall–Kier alpha value is -1.33. The summed E-state index contributed by atoms with van der Waals surface area (Å²) in [6, 6.07) is 4.71. The highest BCUT2D eigenvalue weighted by atomic mass is 35.5. The van der Waals surface area contributed by atoms with Crippen LogP contribution in [0.15, 0.2) is 18.2 Å². The molecule has 1 aromatic rings. The number of hydrogen-bond donors (Lipinski definition) is 1. The Morgan fingerprint density at radius 2 is 2.17 bits per heavy atom. The maximum atomic E-state index is 13.3. The Balaban J connectivity index is 1.68. The van der Waals surface area contributed by atoms with Crippen molar-refractivity contribution in [2.24, 2.45) is 5.92 Å². The van der Waals surface area contributed by atoms with Gasteiger partial charge in [-0.25, -0.2) is 4.39 Å². The van der Waals surface area contributed by atoms with E-state index >= 15 is 0 Å². The minimum Gasteiger partial charge on any atom is -0.492 e. The van der Waals surface area contributed by atoms with Crippen LogP contribution < -0.4 is 10.1 Å². The van der Waals surface area contributed by atoms with Gasteiger partial charge in [-0.2, -0.15) is 0 Å². The van der Waals surface area contributed by atoms with E-state index in [1.807, 2.05) is 0 Å². The van der Waals surface area contributed by atoms with E-state index < -0.39 is 5.82 Å². The number of ether oxygens (including phenoxy) is 1. The van der Waals surface area contributed by atoms with E-state index in [1.165, 1.54) is 12.1 Å². The fraction of sp³-hybridized carbons (Fsp3) is 0.588. The van der Waals surface area contributed by atoms with Crippen LogP contribution in [-0.2, 0) is 4.79 Å². The summed E-state index contributed by atoms with van der Waals surface area (Å²) >= 11 is 5.64. The van der Waals surface area contributed by atoms with E-state index in [0.717, 1.165) is 32.5 Å². The van der Waals surface area contributed by atoms with Gasteiger partial charge >= 0.3 is 0 Å². The molecule has 2 rings (SSSR count). The van der Waals surface area contributed by atoms with Crippen LogP contribution in [0.2, 0.25) is 5.02 Å². The van der Waals surface area contributed by atoms with Gasteiger partial charge < -0.3 is 10.1 Å². The van der Waals surface area contributed by atoms with Crippen molar-refractivity contribution in [3.63, 3.8) is 0 Å². The Morgan fingerprint density at radius 1 is 1.48 bits per heavy atom. The maximum Gasteiger partial charge on any atom is 0.217 e. The van der Waals surface area contributed by atoms with Gasteiger partial charge in [0.25, 0.3) is 0 Å². The molecule has 1 unspecified atom stereocenters. The zero-order valence-electron chi connectivity index (χ0n) is 13.6. The van der Waals surface area contributed by atoms with Crippen molar-refractivity contribution in [1.29, 1.82) is 0 Å². The van der Waals surface area contributed by atoms with Gasteiger partial charge in [0.05, 0.1) is 5.02 Å². The second-order valence-electron chi connectivity index (χ2n) is 6.09. The number of carbonyl (C=O) groups is 1. The predicted molar refractivity (Wildman–Crippen MR) is 89.3 cm³/mol. The van der Waals surface area contributed by atoms with Crippen molar-refractivity contribution in [2.75, 3.05) is 26.2 Å². The number of halogens is 2. The number of rotatable bonds is 6. The van der Waals surface area contributed by atoms with Crippen molar-refractivity contribution in [1.82, 2.24) is 10.2 Å². The molecule has 0 radical (unpaired) electrons. The van der Waals surface area contributed by atoms with Gasteiger partial charge in [-0.05, 0) is 50.9 Å². The fourth-order valence-electron chi connectivity index (χ4n) is 2.97. The lowest BCUT2D eigenvalue weighted by atomic mass is 9.90. The van der Waals surface area contributed by atoms with E-state index in [-0.39, 0.29) is 17.0 Å². The van der Waals surface area contributed by atoms with Crippen LogP contribution in [-0.4, -0.2) is 43.1 Å². The molecule has 1 aliphatic rings. The zero-order chi connectivity index (χ0) is 16.8. The predicted octanol–water partition coefficient (Wildman–Crippen LogP) is 3.09. The van der Waals surface area contributed by atoms with Crippen molar-refractivity contribution in [3.8, 4) is 5.75 Å².